The Balaban J connectivity index is 2.21. The van der Waals surface area contributed by atoms with E-state index in [0.717, 1.165) is 19.3 Å². The Bertz CT molecular complexity index is 523. The van der Waals surface area contributed by atoms with E-state index in [4.69, 9.17) is 0 Å². The third-order valence-corrected chi connectivity index (χ3v) is 3.35. The van der Waals surface area contributed by atoms with E-state index < -0.39 is 0 Å². The average Bonchev–Trinajstić information content (AvgIpc) is 2.68. The molecule has 3 rings (SSSR count). The largest absolute Gasteiger partial charge is 0.0619 e. The molecule has 0 N–H and O–H groups in total. The van der Waals surface area contributed by atoms with Crippen LogP contribution in [0.3, 0.4) is 0 Å². The molecule has 1 aliphatic carbocycles. The van der Waals surface area contributed by atoms with E-state index in [1.54, 1.807) is 0 Å². The smallest absolute Gasteiger partial charge is 0.00134 e. The molecule has 0 aliphatic heterocycles. The van der Waals surface area contributed by atoms with Crippen LogP contribution in [0.1, 0.15) is 23.1 Å². The maximum absolute atomic E-state index is 3.96. The van der Waals surface area contributed by atoms with Gasteiger partial charge in [0.05, 0.1) is 0 Å². The average molecular weight is 207 g/mol. The summed E-state index contributed by atoms with van der Waals surface area (Å²) < 4.78 is 0. The van der Waals surface area contributed by atoms with Crippen molar-refractivity contribution in [2.24, 2.45) is 0 Å². The predicted octanol–water partition coefficient (Wildman–Crippen LogP) is 4.02. The second-order valence-corrected chi connectivity index (χ2v) is 4.39. The summed E-state index contributed by atoms with van der Waals surface area (Å²) in [6.07, 6.45) is 3.15. The molecule has 1 radical (unpaired) electrons. The van der Waals surface area contributed by atoms with Gasteiger partial charge in [-0.1, -0.05) is 49.4 Å². The molecule has 0 saturated heterocycles. The van der Waals surface area contributed by atoms with Crippen molar-refractivity contribution in [3.05, 3.63) is 66.1 Å². The highest BCUT2D eigenvalue weighted by molar-refractivity contribution is 5.79. The molecule has 1 aliphatic rings. The second kappa shape index (κ2) is 3.79. The highest BCUT2D eigenvalue weighted by atomic mass is 14.2. The zero-order valence-corrected chi connectivity index (χ0v) is 9.37. The number of aryl methyl sites for hydroxylation is 1. The van der Waals surface area contributed by atoms with Crippen LogP contribution in [0.4, 0.5) is 0 Å². The van der Waals surface area contributed by atoms with Gasteiger partial charge in [-0.25, -0.2) is 0 Å². The Morgan fingerprint density at radius 3 is 2.62 bits per heavy atom. The van der Waals surface area contributed by atoms with Gasteiger partial charge < -0.3 is 0 Å². The molecule has 0 bridgehead atoms. The van der Waals surface area contributed by atoms with Gasteiger partial charge in [0.1, 0.15) is 0 Å². The summed E-state index contributed by atoms with van der Waals surface area (Å²) in [4.78, 5) is 0. The van der Waals surface area contributed by atoms with Crippen LogP contribution >= 0.6 is 0 Å². The van der Waals surface area contributed by atoms with E-state index in [0.29, 0.717) is 0 Å². The summed E-state index contributed by atoms with van der Waals surface area (Å²) in [5, 5.41) is 0. The van der Waals surface area contributed by atoms with Crippen molar-refractivity contribution in [1.29, 1.82) is 0 Å². The van der Waals surface area contributed by atoms with E-state index in [-0.39, 0.29) is 0 Å². The fourth-order valence-electron chi connectivity index (χ4n) is 2.67. The Morgan fingerprint density at radius 1 is 0.938 bits per heavy atom. The molecule has 79 valence electrons. The Hall–Kier alpha value is -1.56. The van der Waals surface area contributed by atoms with Gasteiger partial charge in [0.2, 0.25) is 0 Å². The summed E-state index contributed by atoms with van der Waals surface area (Å²) in [6, 6.07) is 15.4. The minimum absolute atomic E-state index is 0.971. The van der Waals surface area contributed by atoms with Gasteiger partial charge in [0, 0.05) is 0 Å². The van der Waals surface area contributed by atoms with Crippen LogP contribution in [0, 0.1) is 6.92 Å². The SMILES string of the molecule is [CH2]CCc1cccc2c1-c1ccccc1C2. The first-order valence-electron chi connectivity index (χ1n) is 5.88. The molecule has 0 heteroatoms. The summed E-state index contributed by atoms with van der Waals surface area (Å²) in [5.74, 6) is 0. The molecule has 0 nitrogen and oxygen atoms in total. The van der Waals surface area contributed by atoms with Gasteiger partial charge in [-0.05, 0) is 47.1 Å². The minimum Gasteiger partial charge on any atom is -0.0619 e. The molecule has 0 amide bonds. The van der Waals surface area contributed by atoms with Crippen LogP contribution in [0.15, 0.2) is 42.5 Å². The maximum atomic E-state index is 3.96. The van der Waals surface area contributed by atoms with Crippen LogP contribution in [0.2, 0.25) is 0 Å². The van der Waals surface area contributed by atoms with Crippen molar-refractivity contribution in [2.45, 2.75) is 19.3 Å². The lowest BCUT2D eigenvalue weighted by Gasteiger charge is -2.08. The van der Waals surface area contributed by atoms with Crippen LogP contribution in [0.25, 0.3) is 11.1 Å². The molecule has 0 heterocycles. The van der Waals surface area contributed by atoms with Crippen LogP contribution in [0.5, 0.6) is 0 Å². The first kappa shape index (κ1) is 9.65. The normalized spacial score (nSPS) is 12.3. The summed E-state index contributed by atoms with van der Waals surface area (Å²) >= 11 is 0. The Morgan fingerprint density at radius 2 is 1.75 bits per heavy atom. The van der Waals surface area contributed by atoms with Crippen molar-refractivity contribution < 1.29 is 0 Å². The predicted molar refractivity (Wildman–Crippen MR) is 68.4 cm³/mol. The highest BCUT2D eigenvalue weighted by Gasteiger charge is 2.19. The van der Waals surface area contributed by atoms with Gasteiger partial charge in [-0.2, -0.15) is 0 Å². The standard InChI is InChI=1S/C16H15/c1-2-6-12-8-5-9-14-11-13-7-3-4-10-15(13)16(12)14/h3-5,7-10H,1-2,6,11H2. The Labute approximate surface area is 96.9 Å². The lowest BCUT2D eigenvalue weighted by atomic mass is 9.97. The van der Waals surface area contributed by atoms with Gasteiger partial charge in [0.15, 0.2) is 0 Å². The molecular weight excluding hydrogens is 192 g/mol. The number of hydrogen-bond acceptors (Lipinski definition) is 0. The molecule has 0 unspecified atom stereocenters. The van der Waals surface area contributed by atoms with Crippen LogP contribution in [-0.2, 0) is 12.8 Å². The zero-order chi connectivity index (χ0) is 11.0. The van der Waals surface area contributed by atoms with Crippen molar-refractivity contribution in [3.63, 3.8) is 0 Å². The number of benzene rings is 2. The lowest BCUT2D eigenvalue weighted by molar-refractivity contribution is 1.000. The topological polar surface area (TPSA) is 0 Å². The first-order chi connectivity index (χ1) is 7.90. The second-order valence-electron chi connectivity index (χ2n) is 4.39. The monoisotopic (exact) mass is 207 g/mol. The lowest BCUT2D eigenvalue weighted by Crippen LogP contribution is -1.89. The molecule has 0 atom stereocenters. The summed E-state index contributed by atoms with van der Waals surface area (Å²) in [5.41, 5.74) is 7.31. The van der Waals surface area contributed by atoms with Crippen LogP contribution < -0.4 is 0 Å². The number of hydrogen-bond donors (Lipinski definition) is 0. The highest BCUT2D eigenvalue weighted by Crippen LogP contribution is 2.38. The molecule has 0 fully saturated rings. The zero-order valence-electron chi connectivity index (χ0n) is 9.37. The van der Waals surface area contributed by atoms with E-state index in [2.05, 4.69) is 49.4 Å². The third kappa shape index (κ3) is 1.37. The van der Waals surface area contributed by atoms with Crippen molar-refractivity contribution in [1.82, 2.24) is 0 Å². The van der Waals surface area contributed by atoms with E-state index in [1.807, 2.05) is 0 Å². The van der Waals surface area contributed by atoms with Gasteiger partial charge in [0.25, 0.3) is 0 Å². The third-order valence-electron chi connectivity index (χ3n) is 3.35. The van der Waals surface area contributed by atoms with E-state index in [9.17, 15) is 0 Å². The van der Waals surface area contributed by atoms with E-state index in [1.165, 1.54) is 27.8 Å². The van der Waals surface area contributed by atoms with Gasteiger partial charge in [-0.3, -0.25) is 0 Å². The van der Waals surface area contributed by atoms with Gasteiger partial charge in [-0.15, -0.1) is 0 Å². The molecule has 0 aromatic heterocycles. The van der Waals surface area contributed by atoms with Crippen molar-refractivity contribution in [3.8, 4) is 11.1 Å². The van der Waals surface area contributed by atoms with E-state index >= 15 is 0 Å². The van der Waals surface area contributed by atoms with Crippen LogP contribution in [-0.4, -0.2) is 0 Å². The molecule has 16 heavy (non-hydrogen) atoms. The molecule has 0 spiro atoms. The molecule has 0 saturated carbocycles. The fraction of sp³-hybridized carbons (Fsp3) is 0.188. The maximum Gasteiger partial charge on any atom is -0.00134 e. The van der Waals surface area contributed by atoms with Crippen molar-refractivity contribution >= 4 is 0 Å². The number of rotatable bonds is 2. The first-order valence-corrected chi connectivity index (χ1v) is 5.88. The molecule has 2 aromatic carbocycles. The quantitative estimate of drug-likeness (QED) is 0.595. The molecular formula is C16H15. The summed E-state index contributed by atoms with van der Waals surface area (Å²) in [7, 11) is 0. The van der Waals surface area contributed by atoms with Gasteiger partial charge >= 0.3 is 0 Å². The number of fused-ring (bicyclic) bond motifs is 3. The Kier molecular flexibility index (Phi) is 2.28. The molecule has 2 aromatic rings. The minimum atomic E-state index is 0.971. The summed E-state index contributed by atoms with van der Waals surface area (Å²) in [6.45, 7) is 3.96. The van der Waals surface area contributed by atoms with Crippen molar-refractivity contribution in [2.75, 3.05) is 0 Å². The fourth-order valence-corrected chi connectivity index (χ4v) is 2.67.